The molecule has 0 saturated carbocycles. The third-order valence-electron chi connectivity index (χ3n) is 9.21. The van der Waals surface area contributed by atoms with Crippen LogP contribution in [0.5, 0.6) is 0 Å². The molecule has 3 aromatic rings. The van der Waals surface area contributed by atoms with E-state index in [0.29, 0.717) is 6.61 Å². The third-order valence-corrected chi connectivity index (χ3v) is 9.21. The maximum absolute atomic E-state index is 16.8. The van der Waals surface area contributed by atoms with E-state index in [1.807, 2.05) is 119 Å². The fourth-order valence-electron chi connectivity index (χ4n) is 6.94. The number of hydrogen-bond acceptors (Lipinski definition) is 10. The average Bonchev–Trinajstić information content (AvgIpc) is 3.61. The molecule has 4 aliphatic rings. The lowest BCUT2D eigenvalue weighted by molar-refractivity contribution is -0.318. The summed E-state index contributed by atoms with van der Waals surface area (Å²) in [6, 6.07) is 29.2. The van der Waals surface area contributed by atoms with Gasteiger partial charge in [0, 0.05) is 0 Å². The van der Waals surface area contributed by atoms with Crippen molar-refractivity contribution in [1.29, 1.82) is 0 Å². The van der Waals surface area contributed by atoms with Crippen LogP contribution in [0, 0.1) is 0 Å². The van der Waals surface area contributed by atoms with Crippen molar-refractivity contribution < 1.29 is 51.8 Å². The van der Waals surface area contributed by atoms with Gasteiger partial charge in [-0.3, -0.25) is 0 Å². The fraction of sp³-hybridized carbons (Fsp3) is 0.538. The standard InChI is InChI=1S/C39H47FO10/c1-38(2)47-32-29(46-37-35(34(32)48-38)49-39(3,4)50-37)24-44-36-30(40)33(43-22-27-18-12-7-13-19-27)31(42-21-26-16-10-6-11-17-26)28(45-36)23-41-20-25-14-8-5-9-15-25/h5-19,28-37H,20-24H2,1-4H3/t28?,29?,30?,31-,32+,33?,34?,35?,36+,37-/m1/s1. The van der Waals surface area contributed by atoms with Crippen LogP contribution in [-0.4, -0.2) is 86.3 Å². The molecular weight excluding hydrogens is 647 g/mol. The lowest BCUT2D eigenvalue weighted by atomic mass is 9.98. The Bertz CT molecular complexity index is 1490. The molecule has 0 N–H and O–H groups in total. The maximum Gasteiger partial charge on any atom is 0.192 e. The minimum absolute atomic E-state index is 0.0583. The van der Waals surface area contributed by atoms with E-state index >= 15 is 4.39 Å². The second kappa shape index (κ2) is 15.4. The zero-order chi connectivity index (χ0) is 34.7. The number of halogens is 1. The molecule has 7 rings (SSSR count). The van der Waals surface area contributed by atoms with Crippen LogP contribution in [0.4, 0.5) is 4.39 Å². The third kappa shape index (κ3) is 8.45. The minimum atomic E-state index is -1.71. The van der Waals surface area contributed by atoms with E-state index in [1.165, 1.54) is 0 Å². The zero-order valence-corrected chi connectivity index (χ0v) is 28.9. The first-order chi connectivity index (χ1) is 24.1. The summed E-state index contributed by atoms with van der Waals surface area (Å²) in [5.41, 5.74) is 2.85. The molecule has 4 heterocycles. The molecule has 3 aromatic carbocycles. The van der Waals surface area contributed by atoms with E-state index in [0.717, 1.165) is 16.7 Å². The number of ether oxygens (including phenoxy) is 10. The van der Waals surface area contributed by atoms with E-state index in [-0.39, 0.29) is 26.4 Å². The van der Waals surface area contributed by atoms with Crippen LogP contribution in [0.2, 0.25) is 0 Å². The van der Waals surface area contributed by atoms with Crippen molar-refractivity contribution in [2.75, 3.05) is 13.2 Å². The van der Waals surface area contributed by atoms with Crippen LogP contribution >= 0.6 is 0 Å². The summed E-state index contributed by atoms with van der Waals surface area (Å²) >= 11 is 0. The van der Waals surface area contributed by atoms with Crippen LogP contribution < -0.4 is 0 Å². The molecule has 0 radical (unpaired) electrons. The highest BCUT2D eigenvalue weighted by atomic mass is 19.1. The van der Waals surface area contributed by atoms with Crippen molar-refractivity contribution in [2.45, 2.75) is 121 Å². The normalized spacial score (nSPS) is 34.3. The Balaban J connectivity index is 1.10. The Hall–Kier alpha value is -2.81. The molecule has 0 bridgehead atoms. The topological polar surface area (TPSA) is 92.3 Å². The van der Waals surface area contributed by atoms with Crippen LogP contribution in [0.15, 0.2) is 91.0 Å². The Labute approximate surface area is 292 Å². The summed E-state index contributed by atoms with van der Waals surface area (Å²) < 4.78 is 79.3. The first-order valence-electron chi connectivity index (χ1n) is 17.3. The van der Waals surface area contributed by atoms with Gasteiger partial charge in [-0.1, -0.05) is 91.0 Å². The molecule has 0 aliphatic carbocycles. The molecule has 6 unspecified atom stereocenters. The lowest BCUT2D eigenvalue weighted by Gasteiger charge is -2.44. The largest absolute Gasteiger partial charge is 0.374 e. The van der Waals surface area contributed by atoms with Gasteiger partial charge < -0.3 is 47.4 Å². The molecule has 50 heavy (non-hydrogen) atoms. The fourth-order valence-corrected chi connectivity index (χ4v) is 6.94. The number of rotatable bonds is 13. The Morgan fingerprint density at radius 3 is 1.68 bits per heavy atom. The highest BCUT2D eigenvalue weighted by Gasteiger charge is 2.61. The van der Waals surface area contributed by atoms with Gasteiger partial charge in [0.15, 0.2) is 30.3 Å². The van der Waals surface area contributed by atoms with Crippen molar-refractivity contribution >= 4 is 0 Å². The van der Waals surface area contributed by atoms with Crippen LogP contribution in [-0.2, 0) is 67.2 Å². The molecule has 0 spiro atoms. The second-order valence-electron chi connectivity index (χ2n) is 14.1. The monoisotopic (exact) mass is 694 g/mol. The number of alkyl halides is 1. The van der Waals surface area contributed by atoms with Gasteiger partial charge in [0.05, 0.1) is 33.0 Å². The van der Waals surface area contributed by atoms with E-state index in [9.17, 15) is 0 Å². The van der Waals surface area contributed by atoms with E-state index < -0.39 is 73.1 Å². The summed E-state index contributed by atoms with van der Waals surface area (Å²) in [6.07, 6.45) is -8.44. The second-order valence-corrected chi connectivity index (χ2v) is 14.1. The van der Waals surface area contributed by atoms with E-state index in [2.05, 4.69) is 0 Å². The summed E-state index contributed by atoms with van der Waals surface area (Å²) in [4.78, 5) is 0. The van der Waals surface area contributed by atoms with Gasteiger partial charge in [-0.2, -0.15) is 0 Å². The lowest BCUT2D eigenvalue weighted by Crippen LogP contribution is -2.61. The van der Waals surface area contributed by atoms with Crippen molar-refractivity contribution in [3.63, 3.8) is 0 Å². The molecule has 0 aromatic heterocycles. The first kappa shape index (κ1) is 35.6. The smallest absolute Gasteiger partial charge is 0.192 e. The SMILES string of the molecule is CC1(C)OC2C3OC(C)(C)O[C@H]3C(CO[C@H]3OC(COCc4ccccc4)[C@@H](OCc4ccccc4)C(OCc4ccccc4)C3F)O[C@@H]2O1. The zero-order valence-electron chi connectivity index (χ0n) is 28.9. The van der Waals surface area contributed by atoms with Crippen molar-refractivity contribution in [3.8, 4) is 0 Å². The molecule has 11 heteroatoms. The van der Waals surface area contributed by atoms with Crippen LogP contribution in [0.25, 0.3) is 0 Å². The molecular formula is C39H47FO10. The summed E-state index contributed by atoms with van der Waals surface area (Å²) in [6.45, 7) is 8.14. The Morgan fingerprint density at radius 2 is 1.06 bits per heavy atom. The molecule has 270 valence electrons. The minimum Gasteiger partial charge on any atom is -0.374 e. The van der Waals surface area contributed by atoms with Gasteiger partial charge in [0.25, 0.3) is 0 Å². The Kier molecular flexibility index (Phi) is 11.0. The number of hydrogen-bond donors (Lipinski definition) is 0. The number of fused-ring (bicyclic) bond motifs is 3. The van der Waals surface area contributed by atoms with Crippen molar-refractivity contribution in [1.82, 2.24) is 0 Å². The molecule has 4 fully saturated rings. The van der Waals surface area contributed by atoms with Gasteiger partial charge in [-0.05, 0) is 44.4 Å². The predicted molar refractivity (Wildman–Crippen MR) is 178 cm³/mol. The van der Waals surface area contributed by atoms with E-state index in [4.69, 9.17) is 47.4 Å². The predicted octanol–water partition coefficient (Wildman–Crippen LogP) is 5.85. The number of benzene rings is 3. The molecule has 10 atom stereocenters. The average molecular weight is 695 g/mol. The Morgan fingerprint density at radius 1 is 0.540 bits per heavy atom. The van der Waals surface area contributed by atoms with Crippen LogP contribution in [0.3, 0.4) is 0 Å². The highest BCUT2D eigenvalue weighted by Crippen LogP contribution is 2.44. The van der Waals surface area contributed by atoms with E-state index in [1.54, 1.807) is 0 Å². The quantitative estimate of drug-likeness (QED) is 0.217. The summed E-state index contributed by atoms with van der Waals surface area (Å²) in [5, 5.41) is 0. The van der Waals surface area contributed by atoms with Crippen LogP contribution in [0.1, 0.15) is 44.4 Å². The van der Waals surface area contributed by atoms with Gasteiger partial charge in [-0.15, -0.1) is 0 Å². The van der Waals surface area contributed by atoms with Crippen molar-refractivity contribution in [3.05, 3.63) is 108 Å². The molecule has 4 aliphatic heterocycles. The van der Waals surface area contributed by atoms with Crippen molar-refractivity contribution in [2.24, 2.45) is 0 Å². The summed E-state index contributed by atoms with van der Waals surface area (Å²) in [7, 11) is 0. The van der Waals surface area contributed by atoms with Gasteiger partial charge in [-0.25, -0.2) is 4.39 Å². The molecule has 4 saturated heterocycles. The highest BCUT2D eigenvalue weighted by molar-refractivity contribution is 5.15. The molecule has 10 nitrogen and oxygen atoms in total. The molecule has 0 amide bonds. The summed E-state index contributed by atoms with van der Waals surface area (Å²) in [5.74, 6) is -1.75. The van der Waals surface area contributed by atoms with Gasteiger partial charge in [0.1, 0.15) is 42.7 Å². The van der Waals surface area contributed by atoms with Gasteiger partial charge in [0.2, 0.25) is 0 Å². The first-order valence-corrected chi connectivity index (χ1v) is 17.3. The maximum atomic E-state index is 16.8. The van der Waals surface area contributed by atoms with Gasteiger partial charge >= 0.3 is 0 Å².